The highest BCUT2D eigenvalue weighted by Crippen LogP contribution is 2.33. The molecule has 0 unspecified atom stereocenters. The van der Waals surface area contributed by atoms with Crippen LogP contribution in [0.1, 0.15) is 12.8 Å². The molecule has 0 aliphatic carbocycles. The number of ether oxygens (including phenoxy) is 3. The van der Waals surface area contributed by atoms with E-state index in [-0.39, 0.29) is 29.9 Å². The number of hydrogen-bond acceptors (Lipinski definition) is 7. The van der Waals surface area contributed by atoms with Crippen LogP contribution in [0.15, 0.2) is 41.3 Å². The predicted molar refractivity (Wildman–Crippen MR) is 120 cm³/mol. The van der Waals surface area contributed by atoms with Crippen molar-refractivity contribution >= 4 is 33.2 Å². The number of nitrogens with zero attached hydrogens (tertiary/aromatic N) is 1. The van der Waals surface area contributed by atoms with Gasteiger partial charge in [0.15, 0.2) is 6.61 Å². The zero-order valence-electron chi connectivity index (χ0n) is 18.3. The van der Waals surface area contributed by atoms with E-state index in [1.807, 2.05) is 0 Å². The summed E-state index contributed by atoms with van der Waals surface area (Å²) < 4.78 is 43.6. The number of carbonyl (C=O) groups is 2. The first-order valence-corrected chi connectivity index (χ1v) is 11.8. The predicted octanol–water partition coefficient (Wildman–Crippen LogP) is 2.07. The minimum atomic E-state index is -3.87. The van der Waals surface area contributed by atoms with Crippen molar-refractivity contribution in [3.63, 3.8) is 0 Å². The number of benzene rings is 2. The van der Waals surface area contributed by atoms with Gasteiger partial charge in [-0.2, -0.15) is 4.31 Å². The molecule has 0 radical (unpaired) electrons. The maximum absolute atomic E-state index is 13.3. The molecule has 2 aromatic rings. The first-order chi connectivity index (χ1) is 15.8. The summed E-state index contributed by atoms with van der Waals surface area (Å²) in [6.45, 7) is 0.245. The third kappa shape index (κ3) is 4.88. The highest BCUT2D eigenvalue weighted by molar-refractivity contribution is 7.89. The molecule has 2 heterocycles. The number of anilines is 2. The number of amides is 2. The van der Waals surface area contributed by atoms with Gasteiger partial charge in [0.1, 0.15) is 17.2 Å². The number of piperidine rings is 1. The van der Waals surface area contributed by atoms with Crippen molar-refractivity contribution in [2.75, 3.05) is 44.5 Å². The lowest BCUT2D eigenvalue weighted by atomic mass is 9.98. The maximum atomic E-state index is 13.3. The lowest BCUT2D eigenvalue weighted by Crippen LogP contribution is -2.43. The van der Waals surface area contributed by atoms with Crippen LogP contribution in [0, 0.1) is 5.92 Å². The van der Waals surface area contributed by atoms with Gasteiger partial charge >= 0.3 is 0 Å². The van der Waals surface area contributed by atoms with Crippen molar-refractivity contribution in [2.45, 2.75) is 17.7 Å². The van der Waals surface area contributed by atoms with E-state index >= 15 is 0 Å². The van der Waals surface area contributed by atoms with E-state index in [0.29, 0.717) is 48.0 Å². The highest BCUT2D eigenvalue weighted by atomic mass is 32.2. The zero-order valence-corrected chi connectivity index (χ0v) is 19.1. The minimum absolute atomic E-state index is 0.0330. The summed E-state index contributed by atoms with van der Waals surface area (Å²) in [5.74, 6) is 0.323. The SMILES string of the molecule is COc1cc(NC(=O)[C@@H]2CCCN(S(=O)(=O)c3ccc4c(c3)NC(=O)CO4)C2)cc(OC)c1. The van der Waals surface area contributed by atoms with Crippen molar-refractivity contribution in [1.82, 2.24) is 4.31 Å². The Morgan fingerprint density at radius 3 is 2.58 bits per heavy atom. The highest BCUT2D eigenvalue weighted by Gasteiger charge is 2.34. The summed E-state index contributed by atoms with van der Waals surface area (Å²) in [7, 11) is -0.834. The van der Waals surface area contributed by atoms with Gasteiger partial charge in [-0.05, 0) is 31.0 Å². The van der Waals surface area contributed by atoms with Gasteiger partial charge in [-0.15, -0.1) is 0 Å². The number of sulfonamides is 1. The molecule has 176 valence electrons. The second kappa shape index (κ2) is 9.28. The van der Waals surface area contributed by atoms with E-state index in [0.717, 1.165) is 0 Å². The first kappa shape index (κ1) is 22.9. The van der Waals surface area contributed by atoms with Gasteiger partial charge in [0.25, 0.3) is 5.91 Å². The van der Waals surface area contributed by atoms with Crippen LogP contribution < -0.4 is 24.8 Å². The molecule has 2 amide bonds. The van der Waals surface area contributed by atoms with Crippen molar-refractivity contribution < 1.29 is 32.2 Å². The van der Waals surface area contributed by atoms with Crippen molar-refractivity contribution in [1.29, 1.82) is 0 Å². The minimum Gasteiger partial charge on any atom is -0.497 e. The molecular weight excluding hydrogens is 450 g/mol. The number of nitrogens with one attached hydrogen (secondary N) is 2. The van der Waals surface area contributed by atoms with Crippen LogP contribution in [-0.2, 0) is 19.6 Å². The van der Waals surface area contributed by atoms with Crippen LogP contribution >= 0.6 is 0 Å². The largest absolute Gasteiger partial charge is 0.497 e. The standard InChI is InChI=1S/C22H25N3O7S/c1-30-16-8-15(9-17(10-16)31-2)23-22(27)14-4-3-7-25(12-14)33(28,29)18-5-6-20-19(11-18)24-21(26)13-32-20/h5-6,8-11,14H,3-4,7,12-13H2,1-2H3,(H,23,27)(H,24,26)/t14-/m1/s1. The van der Waals surface area contributed by atoms with Gasteiger partial charge in [-0.3, -0.25) is 9.59 Å². The molecule has 1 atom stereocenters. The van der Waals surface area contributed by atoms with Gasteiger partial charge in [0.2, 0.25) is 15.9 Å². The van der Waals surface area contributed by atoms with Crippen LogP contribution in [-0.4, -0.2) is 58.5 Å². The lowest BCUT2D eigenvalue weighted by molar-refractivity contribution is -0.121. The van der Waals surface area contributed by atoms with E-state index in [4.69, 9.17) is 14.2 Å². The zero-order chi connectivity index (χ0) is 23.6. The second-order valence-corrected chi connectivity index (χ2v) is 9.73. The molecule has 4 rings (SSSR count). The quantitative estimate of drug-likeness (QED) is 0.656. The molecule has 1 fully saturated rings. The molecule has 33 heavy (non-hydrogen) atoms. The molecular formula is C22H25N3O7S. The van der Waals surface area contributed by atoms with E-state index < -0.39 is 15.9 Å². The fourth-order valence-electron chi connectivity index (χ4n) is 3.87. The Hall–Kier alpha value is -3.31. The summed E-state index contributed by atoms with van der Waals surface area (Å²) in [4.78, 5) is 24.5. The molecule has 2 N–H and O–H groups in total. The fraction of sp³-hybridized carbons (Fsp3) is 0.364. The Morgan fingerprint density at radius 2 is 1.88 bits per heavy atom. The monoisotopic (exact) mass is 475 g/mol. The summed E-state index contributed by atoms with van der Waals surface area (Å²) in [6.07, 6.45) is 1.11. The van der Waals surface area contributed by atoms with Crippen LogP contribution in [0.25, 0.3) is 0 Å². The third-order valence-electron chi connectivity index (χ3n) is 5.60. The average molecular weight is 476 g/mol. The van der Waals surface area contributed by atoms with Gasteiger partial charge in [0.05, 0.1) is 30.7 Å². The first-order valence-electron chi connectivity index (χ1n) is 10.4. The van der Waals surface area contributed by atoms with Gasteiger partial charge in [-0.1, -0.05) is 0 Å². The molecule has 2 aliphatic rings. The summed E-state index contributed by atoms with van der Waals surface area (Å²) in [5.41, 5.74) is 0.812. The number of methoxy groups -OCH3 is 2. The second-order valence-electron chi connectivity index (χ2n) is 7.79. The fourth-order valence-corrected chi connectivity index (χ4v) is 5.42. The Labute approximate surface area is 191 Å². The summed E-state index contributed by atoms with van der Waals surface area (Å²) in [6, 6.07) is 9.37. The van der Waals surface area contributed by atoms with E-state index in [9.17, 15) is 18.0 Å². The Morgan fingerprint density at radius 1 is 1.15 bits per heavy atom. The van der Waals surface area contributed by atoms with Gasteiger partial charge < -0.3 is 24.8 Å². The van der Waals surface area contributed by atoms with Crippen LogP contribution in [0.3, 0.4) is 0 Å². The van der Waals surface area contributed by atoms with Crippen molar-refractivity contribution in [3.05, 3.63) is 36.4 Å². The third-order valence-corrected chi connectivity index (χ3v) is 7.46. The van der Waals surface area contributed by atoms with Crippen molar-refractivity contribution in [3.8, 4) is 17.2 Å². The van der Waals surface area contributed by atoms with Gasteiger partial charge in [-0.25, -0.2) is 8.42 Å². The normalized spacial score (nSPS) is 18.5. The summed E-state index contributed by atoms with van der Waals surface area (Å²) >= 11 is 0. The van der Waals surface area contributed by atoms with Crippen molar-refractivity contribution in [2.24, 2.45) is 5.92 Å². The number of fused-ring (bicyclic) bond motifs is 1. The maximum Gasteiger partial charge on any atom is 0.262 e. The van der Waals surface area contributed by atoms with Gasteiger partial charge in [0, 0.05) is 37.0 Å². The molecule has 0 bridgehead atoms. The van der Waals surface area contributed by atoms with E-state index in [2.05, 4.69) is 10.6 Å². The average Bonchev–Trinajstić information content (AvgIpc) is 2.83. The molecule has 11 heteroatoms. The smallest absolute Gasteiger partial charge is 0.262 e. The molecule has 1 saturated heterocycles. The van der Waals surface area contributed by atoms with Crippen LogP contribution in [0.5, 0.6) is 17.2 Å². The molecule has 0 spiro atoms. The number of rotatable bonds is 6. The Balaban J connectivity index is 1.49. The number of hydrogen-bond donors (Lipinski definition) is 2. The molecule has 2 aromatic carbocycles. The topological polar surface area (TPSA) is 123 Å². The van der Waals surface area contributed by atoms with E-state index in [1.165, 1.54) is 36.7 Å². The number of carbonyl (C=O) groups excluding carboxylic acids is 2. The molecule has 10 nitrogen and oxygen atoms in total. The molecule has 0 saturated carbocycles. The lowest BCUT2D eigenvalue weighted by Gasteiger charge is -2.31. The van der Waals surface area contributed by atoms with E-state index in [1.54, 1.807) is 18.2 Å². The Bertz CT molecular complexity index is 1160. The van der Waals surface area contributed by atoms with Crippen LogP contribution in [0.2, 0.25) is 0 Å². The molecule has 0 aromatic heterocycles. The van der Waals surface area contributed by atoms with Crippen LogP contribution in [0.4, 0.5) is 11.4 Å². The Kier molecular flexibility index (Phi) is 6.43. The summed E-state index contributed by atoms with van der Waals surface area (Å²) in [5, 5.41) is 5.45. The molecule has 2 aliphatic heterocycles.